The average molecular weight is 409 g/mol. The summed E-state index contributed by atoms with van der Waals surface area (Å²) in [6, 6.07) is -0.155. The first kappa shape index (κ1) is 23.9. The highest BCUT2D eigenvalue weighted by Crippen LogP contribution is 2.45. The molecule has 2 aliphatic rings. The van der Waals surface area contributed by atoms with Crippen LogP contribution < -0.4 is 10.6 Å². The Labute approximate surface area is 175 Å². The summed E-state index contributed by atoms with van der Waals surface area (Å²) in [4.78, 5) is 23.2. The number of fused-ring (bicyclic) bond motifs is 2. The molecule has 6 nitrogen and oxygen atoms in total. The van der Waals surface area contributed by atoms with Crippen LogP contribution in [0.25, 0.3) is 0 Å². The fraction of sp³-hybridized carbons (Fsp3) is 0.826. The fourth-order valence-electron chi connectivity index (χ4n) is 4.63. The van der Waals surface area contributed by atoms with Crippen molar-refractivity contribution < 1.29 is 19.4 Å². The Kier molecular flexibility index (Phi) is 10.2. The second-order valence-electron chi connectivity index (χ2n) is 8.67. The fourth-order valence-corrected chi connectivity index (χ4v) is 4.63. The molecule has 29 heavy (non-hydrogen) atoms. The van der Waals surface area contributed by atoms with Crippen LogP contribution >= 0.6 is 0 Å². The Morgan fingerprint density at radius 1 is 1.17 bits per heavy atom. The number of carbonyl (C=O) groups is 2. The summed E-state index contributed by atoms with van der Waals surface area (Å²) in [6.45, 7) is 7.87. The minimum atomic E-state index is -0.732. The number of carboxylic acid groups (broad SMARTS) is 1. The van der Waals surface area contributed by atoms with Gasteiger partial charge in [-0.1, -0.05) is 39.3 Å². The van der Waals surface area contributed by atoms with Gasteiger partial charge in [0, 0.05) is 25.4 Å². The lowest BCUT2D eigenvalue weighted by Gasteiger charge is -2.31. The standard InChI is InChI=1S/C23H40N2O4/c1-4-14-24-23(28)22(16(3)5-2)25-15-18-17(19-12-13-20(18)29-19)10-8-6-7-9-11-21(26)27/h6,8,16-20,22,25H,4-5,7,9-15H2,1-3H3,(H,24,28)(H,26,27)/t16?,17-,18-,19-,20+,22?/m1/s1. The number of amides is 1. The minimum Gasteiger partial charge on any atom is -0.481 e. The molecule has 6 heteroatoms. The third kappa shape index (κ3) is 7.10. The Bertz CT molecular complexity index is 551. The summed E-state index contributed by atoms with van der Waals surface area (Å²) in [5, 5.41) is 15.3. The van der Waals surface area contributed by atoms with Gasteiger partial charge < -0.3 is 20.5 Å². The van der Waals surface area contributed by atoms with Gasteiger partial charge in [-0.3, -0.25) is 9.59 Å². The van der Waals surface area contributed by atoms with Crippen LogP contribution in [0.2, 0.25) is 0 Å². The Balaban J connectivity index is 1.88. The smallest absolute Gasteiger partial charge is 0.303 e. The molecule has 2 bridgehead atoms. The predicted molar refractivity (Wildman–Crippen MR) is 115 cm³/mol. The molecule has 2 unspecified atom stereocenters. The molecule has 2 saturated heterocycles. The summed E-state index contributed by atoms with van der Waals surface area (Å²) in [6.07, 6.45) is 11.8. The van der Waals surface area contributed by atoms with Crippen molar-refractivity contribution in [3.63, 3.8) is 0 Å². The number of unbranched alkanes of at least 4 members (excludes halogenated alkanes) is 1. The van der Waals surface area contributed by atoms with E-state index in [1.165, 1.54) is 0 Å². The Morgan fingerprint density at radius 2 is 1.90 bits per heavy atom. The number of carboxylic acids is 1. The van der Waals surface area contributed by atoms with E-state index in [0.29, 0.717) is 36.4 Å². The van der Waals surface area contributed by atoms with E-state index in [1.807, 2.05) is 0 Å². The van der Waals surface area contributed by atoms with Crippen LogP contribution in [0, 0.1) is 17.8 Å². The minimum absolute atomic E-state index is 0.111. The molecular formula is C23H40N2O4. The van der Waals surface area contributed by atoms with E-state index in [1.54, 1.807) is 0 Å². The number of rotatable bonds is 14. The van der Waals surface area contributed by atoms with Gasteiger partial charge in [0.25, 0.3) is 0 Å². The molecule has 1 amide bonds. The monoisotopic (exact) mass is 408 g/mol. The number of hydrogen-bond acceptors (Lipinski definition) is 4. The van der Waals surface area contributed by atoms with E-state index in [0.717, 1.165) is 51.6 Å². The molecule has 2 aliphatic heterocycles. The van der Waals surface area contributed by atoms with E-state index < -0.39 is 5.97 Å². The largest absolute Gasteiger partial charge is 0.481 e. The third-order valence-corrected chi connectivity index (χ3v) is 6.54. The van der Waals surface area contributed by atoms with Gasteiger partial charge in [-0.05, 0) is 50.4 Å². The predicted octanol–water partition coefficient (Wildman–Crippen LogP) is 3.51. The van der Waals surface area contributed by atoms with Crippen molar-refractivity contribution in [1.29, 1.82) is 0 Å². The van der Waals surface area contributed by atoms with Crippen molar-refractivity contribution in [2.75, 3.05) is 13.1 Å². The first-order chi connectivity index (χ1) is 14.0. The molecule has 0 aromatic heterocycles. The molecule has 2 heterocycles. The highest BCUT2D eigenvalue weighted by Gasteiger charge is 2.48. The maximum atomic E-state index is 12.6. The van der Waals surface area contributed by atoms with E-state index in [9.17, 15) is 9.59 Å². The Morgan fingerprint density at radius 3 is 2.55 bits per heavy atom. The van der Waals surface area contributed by atoms with Gasteiger partial charge in [-0.2, -0.15) is 0 Å². The first-order valence-electron chi connectivity index (χ1n) is 11.5. The second-order valence-corrected chi connectivity index (χ2v) is 8.67. The zero-order valence-corrected chi connectivity index (χ0v) is 18.4. The summed E-state index contributed by atoms with van der Waals surface area (Å²) < 4.78 is 6.20. The number of carbonyl (C=O) groups excluding carboxylic acids is 1. The summed E-state index contributed by atoms with van der Waals surface area (Å²) in [7, 11) is 0. The van der Waals surface area contributed by atoms with Crippen LogP contribution in [0.15, 0.2) is 12.2 Å². The molecule has 3 N–H and O–H groups in total. The first-order valence-corrected chi connectivity index (χ1v) is 11.5. The van der Waals surface area contributed by atoms with Crippen molar-refractivity contribution in [3.05, 3.63) is 12.2 Å². The van der Waals surface area contributed by atoms with Crippen molar-refractivity contribution in [2.45, 2.75) is 90.4 Å². The SMILES string of the molecule is CCCNC(=O)C(NC[C@@H]1[C@@H](CC=CCCCC(=O)O)[C@H]2CC[C@@H]1O2)C(C)CC. The van der Waals surface area contributed by atoms with Gasteiger partial charge in [0.1, 0.15) is 0 Å². The molecule has 2 rings (SSSR count). The van der Waals surface area contributed by atoms with Crippen LogP contribution in [0.4, 0.5) is 0 Å². The topological polar surface area (TPSA) is 87.7 Å². The van der Waals surface area contributed by atoms with Gasteiger partial charge in [-0.25, -0.2) is 0 Å². The van der Waals surface area contributed by atoms with Crippen LogP contribution in [-0.4, -0.2) is 48.3 Å². The molecule has 0 radical (unpaired) electrons. The van der Waals surface area contributed by atoms with E-state index in [4.69, 9.17) is 9.84 Å². The maximum Gasteiger partial charge on any atom is 0.303 e. The molecule has 2 fully saturated rings. The molecule has 0 saturated carbocycles. The molecule has 0 aromatic rings. The Hall–Kier alpha value is -1.40. The maximum absolute atomic E-state index is 12.6. The number of allylic oxidation sites excluding steroid dienone is 2. The van der Waals surface area contributed by atoms with Crippen LogP contribution in [0.3, 0.4) is 0 Å². The average Bonchev–Trinajstić information content (AvgIpc) is 3.30. The van der Waals surface area contributed by atoms with Gasteiger partial charge >= 0.3 is 5.97 Å². The van der Waals surface area contributed by atoms with Gasteiger partial charge in [0.2, 0.25) is 5.91 Å². The lowest BCUT2D eigenvalue weighted by molar-refractivity contribution is -0.137. The van der Waals surface area contributed by atoms with Crippen molar-refractivity contribution in [1.82, 2.24) is 10.6 Å². The van der Waals surface area contributed by atoms with Crippen LogP contribution in [-0.2, 0) is 14.3 Å². The number of aliphatic carboxylic acids is 1. The van der Waals surface area contributed by atoms with Crippen molar-refractivity contribution in [2.24, 2.45) is 17.8 Å². The number of ether oxygens (including phenoxy) is 1. The van der Waals surface area contributed by atoms with Crippen molar-refractivity contribution >= 4 is 11.9 Å². The summed E-state index contributed by atoms with van der Waals surface area (Å²) in [5.41, 5.74) is 0. The lowest BCUT2D eigenvalue weighted by atomic mass is 9.77. The van der Waals surface area contributed by atoms with Crippen LogP contribution in [0.1, 0.15) is 72.1 Å². The summed E-state index contributed by atoms with van der Waals surface area (Å²) in [5.74, 6) is 0.584. The summed E-state index contributed by atoms with van der Waals surface area (Å²) >= 11 is 0. The highest BCUT2D eigenvalue weighted by molar-refractivity contribution is 5.82. The van der Waals surface area contributed by atoms with E-state index in [2.05, 4.69) is 43.6 Å². The van der Waals surface area contributed by atoms with Crippen molar-refractivity contribution in [3.8, 4) is 0 Å². The molecule has 0 spiro atoms. The molecule has 0 aromatic carbocycles. The number of nitrogens with one attached hydrogen (secondary N) is 2. The highest BCUT2D eigenvalue weighted by atomic mass is 16.5. The van der Waals surface area contributed by atoms with E-state index >= 15 is 0 Å². The van der Waals surface area contributed by atoms with Crippen LogP contribution in [0.5, 0.6) is 0 Å². The normalized spacial score (nSPS) is 28.0. The second kappa shape index (κ2) is 12.3. The quantitative estimate of drug-likeness (QED) is 0.302. The number of hydrogen-bond donors (Lipinski definition) is 3. The van der Waals surface area contributed by atoms with Gasteiger partial charge in [0.15, 0.2) is 0 Å². The van der Waals surface area contributed by atoms with E-state index in [-0.39, 0.29) is 18.4 Å². The zero-order valence-electron chi connectivity index (χ0n) is 18.4. The third-order valence-electron chi connectivity index (χ3n) is 6.54. The van der Waals surface area contributed by atoms with Gasteiger partial charge in [-0.15, -0.1) is 0 Å². The molecule has 6 atom stereocenters. The zero-order chi connectivity index (χ0) is 21.2. The molecule has 0 aliphatic carbocycles. The molecular weight excluding hydrogens is 368 g/mol. The van der Waals surface area contributed by atoms with Gasteiger partial charge in [0.05, 0.1) is 18.2 Å². The lowest BCUT2D eigenvalue weighted by Crippen LogP contribution is -2.50. The molecule has 166 valence electrons.